The summed E-state index contributed by atoms with van der Waals surface area (Å²) in [5, 5.41) is 3.82. The Morgan fingerprint density at radius 1 is 0.912 bits per heavy atom. The van der Waals surface area contributed by atoms with Gasteiger partial charge in [-0.15, -0.1) is 0 Å². The zero-order chi connectivity index (χ0) is 24.5. The number of carbonyl (C=O) groups excluding carboxylic acids is 2. The molecule has 2 amide bonds. The van der Waals surface area contributed by atoms with Crippen LogP contribution in [0.3, 0.4) is 0 Å². The Morgan fingerprint density at radius 3 is 2.32 bits per heavy atom. The summed E-state index contributed by atoms with van der Waals surface area (Å²) >= 11 is 15.7. The van der Waals surface area contributed by atoms with Crippen molar-refractivity contribution >= 4 is 50.9 Å². The van der Waals surface area contributed by atoms with Crippen molar-refractivity contribution in [2.24, 2.45) is 0 Å². The highest BCUT2D eigenvalue weighted by Crippen LogP contribution is 2.24. The van der Waals surface area contributed by atoms with Crippen LogP contribution in [0, 0.1) is 0 Å². The minimum atomic E-state index is -0.664. The number of amides is 2. The number of benzene rings is 3. The Bertz CT molecular complexity index is 1120. The second-order valence-electron chi connectivity index (χ2n) is 8.07. The summed E-state index contributed by atoms with van der Waals surface area (Å²) in [6, 6.07) is 22.0. The van der Waals surface area contributed by atoms with Crippen LogP contribution < -0.4 is 5.32 Å². The first-order chi connectivity index (χ1) is 16.4. The second kappa shape index (κ2) is 12.9. The number of carbonyl (C=O) groups is 2. The van der Waals surface area contributed by atoms with Crippen molar-refractivity contribution in [1.29, 1.82) is 0 Å². The zero-order valence-corrected chi connectivity index (χ0v) is 22.0. The number of halogens is 3. The van der Waals surface area contributed by atoms with E-state index in [-0.39, 0.29) is 18.2 Å². The van der Waals surface area contributed by atoms with Crippen LogP contribution in [0.25, 0.3) is 0 Å². The molecule has 0 aliphatic heterocycles. The molecule has 0 fully saturated rings. The van der Waals surface area contributed by atoms with Crippen LogP contribution in [0.15, 0.2) is 77.3 Å². The fourth-order valence-electron chi connectivity index (χ4n) is 3.68. The molecular weight excluding hydrogens is 535 g/mol. The van der Waals surface area contributed by atoms with Crippen LogP contribution in [-0.2, 0) is 29.0 Å². The van der Waals surface area contributed by atoms with Gasteiger partial charge in [0.25, 0.3) is 0 Å². The average Bonchev–Trinajstić information content (AvgIpc) is 2.82. The molecule has 3 rings (SSSR count). The van der Waals surface area contributed by atoms with Crippen molar-refractivity contribution in [1.82, 2.24) is 10.2 Å². The molecule has 4 nitrogen and oxygen atoms in total. The van der Waals surface area contributed by atoms with Crippen LogP contribution >= 0.6 is 39.1 Å². The summed E-state index contributed by atoms with van der Waals surface area (Å²) in [6.07, 6.45) is 1.33. The van der Waals surface area contributed by atoms with Crippen molar-refractivity contribution in [3.05, 3.63) is 104 Å². The largest absolute Gasteiger partial charge is 0.354 e. The van der Waals surface area contributed by atoms with Gasteiger partial charge in [0.1, 0.15) is 6.04 Å². The summed E-state index contributed by atoms with van der Waals surface area (Å²) in [5.41, 5.74) is 2.66. The lowest BCUT2D eigenvalue weighted by Gasteiger charge is -2.32. The maximum absolute atomic E-state index is 13.7. The Morgan fingerprint density at radius 2 is 1.65 bits per heavy atom. The van der Waals surface area contributed by atoms with E-state index in [0.717, 1.165) is 27.6 Å². The Hall–Kier alpha value is -2.34. The van der Waals surface area contributed by atoms with Crippen molar-refractivity contribution in [2.75, 3.05) is 6.54 Å². The highest BCUT2D eigenvalue weighted by atomic mass is 79.9. The van der Waals surface area contributed by atoms with E-state index >= 15 is 0 Å². The van der Waals surface area contributed by atoms with E-state index in [1.807, 2.05) is 61.5 Å². The van der Waals surface area contributed by atoms with Gasteiger partial charge in [-0.3, -0.25) is 9.59 Å². The van der Waals surface area contributed by atoms with Gasteiger partial charge in [0.05, 0.1) is 16.5 Å². The lowest BCUT2D eigenvalue weighted by atomic mass is 10.0. The second-order valence-corrected chi connectivity index (χ2v) is 9.80. The standard InChI is InChI=1S/C27H27BrCl2N2O2/c1-2-13-31-27(34)25(16-19-7-4-3-5-8-19)32(18-21-9-6-10-22(28)14-21)26(33)17-20-11-12-23(29)24(30)15-20/h3-12,14-15,25H,2,13,16-18H2,1H3,(H,31,34). The summed E-state index contributed by atoms with van der Waals surface area (Å²) < 4.78 is 0.914. The quantitative estimate of drug-likeness (QED) is 0.308. The molecule has 34 heavy (non-hydrogen) atoms. The van der Waals surface area contributed by atoms with E-state index in [9.17, 15) is 9.59 Å². The first-order valence-electron chi connectivity index (χ1n) is 11.2. The summed E-state index contributed by atoms with van der Waals surface area (Å²) in [5.74, 6) is -0.325. The van der Waals surface area contributed by atoms with Crippen LogP contribution in [0.5, 0.6) is 0 Å². The fraction of sp³-hybridized carbons (Fsp3) is 0.259. The smallest absolute Gasteiger partial charge is 0.243 e. The molecule has 7 heteroatoms. The molecule has 0 heterocycles. The van der Waals surface area contributed by atoms with Crippen molar-refractivity contribution in [3.63, 3.8) is 0 Å². The monoisotopic (exact) mass is 560 g/mol. The van der Waals surface area contributed by atoms with Crippen LogP contribution in [0.1, 0.15) is 30.0 Å². The Kier molecular flexibility index (Phi) is 10.00. The average molecular weight is 562 g/mol. The third kappa shape index (κ3) is 7.59. The van der Waals surface area contributed by atoms with E-state index in [2.05, 4.69) is 21.2 Å². The molecule has 0 saturated carbocycles. The number of hydrogen-bond acceptors (Lipinski definition) is 2. The first-order valence-corrected chi connectivity index (χ1v) is 12.7. The minimum absolute atomic E-state index is 0.108. The molecule has 1 atom stereocenters. The maximum atomic E-state index is 13.7. The lowest BCUT2D eigenvalue weighted by Crippen LogP contribution is -2.51. The molecule has 0 saturated heterocycles. The summed E-state index contributed by atoms with van der Waals surface area (Å²) in [4.78, 5) is 28.6. The predicted molar refractivity (Wildman–Crippen MR) is 142 cm³/mol. The molecule has 3 aromatic rings. The summed E-state index contributed by atoms with van der Waals surface area (Å²) in [6.45, 7) is 2.85. The van der Waals surface area contributed by atoms with E-state index in [1.165, 1.54) is 0 Å². The number of nitrogens with one attached hydrogen (secondary N) is 1. The highest BCUT2D eigenvalue weighted by molar-refractivity contribution is 9.10. The van der Waals surface area contributed by atoms with Crippen molar-refractivity contribution in [2.45, 2.75) is 38.8 Å². The highest BCUT2D eigenvalue weighted by Gasteiger charge is 2.30. The van der Waals surface area contributed by atoms with Gasteiger partial charge in [-0.25, -0.2) is 0 Å². The normalized spacial score (nSPS) is 11.6. The molecule has 0 aromatic heterocycles. The van der Waals surface area contributed by atoms with Gasteiger partial charge in [-0.1, -0.05) is 94.6 Å². The molecule has 178 valence electrons. The van der Waals surface area contributed by atoms with Gasteiger partial charge in [0.15, 0.2) is 0 Å². The van der Waals surface area contributed by atoms with E-state index in [0.29, 0.717) is 29.6 Å². The molecule has 3 aromatic carbocycles. The van der Waals surface area contributed by atoms with Crippen LogP contribution in [0.2, 0.25) is 10.0 Å². The topological polar surface area (TPSA) is 49.4 Å². The summed E-state index contributed by atoms with van der Waals surface area (Å²) in [7, 11) is 0. The minimum Gasteiger partial charge on any atom is -0.354 e. The van der Waals surface area contributed by atoms with E-state index < -0.39 is 6.04 Å². The molecule has 0 spiro atoms. The van der Waals surface area contributed by atoms with Gasteiger partial charge in [-0.2, -0.15) is 0 Å². The number of rotatable bonds is 10. The third-order valence-corrected chi connectivity index (χ3v) is 6.63. The molecular formula is C27H27BrCl2N2O2. The number of hydrogen-bond donors (Lipinski definition) is 1. The van der Waals surface area contributed by atoms with Crippen molar-refractivity contribution in [3.8, 4) is 0 Å². The SMILES string of the molecule is CCCNC(=O)C(Cc1ccccc1)N(Cc1cccc(Br)c1)C(=O)Cc1ccc(Cl)c(Cl)c1. The van der Waals surface area contributed by atoms with Gasteiger partial charge in [-0.05, 0) is 47.4 Å². The van der Waals surface area contributed by atoms with Crippen LogP contribution in [-0.4, -0.2) is 29.3 Å². The van der Waals surface area contributed by atoms with Gasteiger partial charge >= 0.3 is 0 Å². The first kappa shape index (κ1) is 26.3. The molecule has 0 aliphatic rings. The molecule has 1 N–H and O–H groups in total. The molecule has 0 aliphatic carbocycles. The molecule has 1 unspecified atom stereocenters. The van der Waals surface area contributed by atoms with Gasteiger partial charge in [0.2, 0.25) is 11.8 Å². The predicted octanol–water partition coefficient (Wildman–Crippen LogP) is 6.46. The lowest BCUT2D eigenvalue weighted by molar-refractivity contribution is -0.140. The Balaban J connectivity index is 1.96. The molecule has 0 bridgehead atoms. The van der Waals surface area contributed by atoms with Crippen molar-refractivity contribution < 1.29 is 9.59 Å². The van der Waals surface area contributed by atoms with E-state index in [4.69, 9.17) is 23.2 Å². The van der Waals surface area contributed by atoms with Gasteiger partial charge in [0, 0.05) is 24.0 Å². The van der Waals surface area contributed by atoms with Gasteiger partial charge < -0.3 is 10.2 Å². The Labute approximate surface area is 219 Å². The van der Waals surface area contributed by atoms with E-state index in [1.54, 1.807) is 23.1 Å². The third-order valence-electron chi connectivity index (χ3n) is 5.40. The van der Waals surface area contributed by atoms with Crippen LogP contribution in [0.4, 0.5) is 0 Å². The molecule has 0 radical (unpaired) electrons. The number of nitrogens with zero attached hydrogens (tertiary/aromatic N) is 1. The zero-order valence-electron chi connectivity index (χ0n) is 18.9. The fourth-order valence-corrected chi connectivity index (χ4v) is 4.45. The maximum Gasteiger partial charge on any atom is 0.243 e.